The molecule has 1 aliphatic rings. The van der Waals surface area contributed by atoms with Crippen molar-refractivity contribution in [3.8, 4) is 23.0 Å². The molecule has 0 N–H and O–H groups in total. The molecule has 2 aromatic rings. The van der Waals surface area contributed by atoms with E-state index in [1.54, 1.807) is 34.5 Å². The molecule has 0 saturated heterocycles. The Kier molecular flexibility index (Phi) is 5.05. The van der Waals surface area contributed by atoms with Gasteiger partial charge < -0.3 is 18.9 Å². The molecule has 5 heteroatoms. The third kappa shape index (κ3) is 3.22. The van der Waals surface area contributed by atoms with Crippen LogP contribution in [0.3, 0.4) is 0 Å². The van der Waals surface area contributed by atoms with Crippen LogP contribution in [0.5, 0.6) is 23.0 Å². The van der Waals surface area contributed by atoms with Crippen molar-refractivity contribution in [2.75, 3.05) is 28.4 Å². The normalized spacial score (nSPS) is 17.9. The average Bonchev–Trinajstić information content (AvgIpc) is 2.69. The van der Waals surface area contributed by atoms with Crippen molar-refractivity contribution in [3.63, 3.8) is 0 Å². The zero-order chi connectivity index (χ0) is 19.8. The molecule has 0 heterocycles. The second-order valence-corrected chi connectivity index (χ2v) is 7.30. The standard InChI is InChI=1S/C22H26O5/c1-22(2)17(13-7-14(24-3)9-15(8-13)25-4)12-19(23)21-18(22)10-16(26-5)11-20(21)27-6/h7-11,17H,12H2,1-6H3. The van der Waals surface area contributed by atoms with E-state index in [2.05, 4.69) is 13.8 Å². The van der Waals surface area contributed by atoms with Crippen molar-refractivity contribution in [1.29, 1.82) is 0 Å². The Morgan fingerprint density at radius 2 is 1.37 bits per heavy atom. The van der Waals surface area contributed by atoms with Crippen molar-refractivity contribution >= 4 is 5.78 Å². The smallest absolute Gasteiger partial charge is 0.167 e. The lowest BCUT2D eigenvalue weighted by molar-refractivity contribution is 0.0938. The van der Waals surface area contributed by atoms with E-state index >= 15 is 0 Å². The maximum atomic E-state index is 13.1. The number of rotatable bonds is 5. The van der Waals surface area contributed by atoms with Gasteiger partial charge in [-0.25, -0.2) is 0 Å². The number of ether oxygens (including phenoxy) is 4. The molecule has 0 aliphatic heterocycles. The molecule has 5 nitrogen and oxygen atoms in total. The Bertz CT molecular complexity index is 847. The predicted molar refractivity (Wildman–Crippen MR) is 104 cm³/mol. The lowest BCUT2D eigenvalue weighted by Crippen LogP contribution is -2.35. The second-order valence-electron chi connectivity index (χ2n) is 7.30. The zero-order valence-electron chi connectivity index (χ0n) is 16.7. The topological polar surface area (TPSA) is 54.0 Å². The molecule has 0 saturated carbocycles. The molecule has 27 heavy (non-hydrogen) atoms. The summed E-state index contributed by atoms with van der Waals surface area (Å²) in [6.07, 6.45) is 0.388. The minimum atomic E-state index is -0.317. The van der Waals surface area contributed by atoms with Gasteiger partial charge in [0.25, 0.3) is 0 Å². The molecule has 1 unspecified atom stereocenters. The van der Waals surface area contributed by atoms with Crippen LogP contribution in [-0.4, -0.2) is 34.2 Å². The molecule has 1 aliphatic carbocycles. The first kappa shape index (κ1) is 19.1. The summed E-state index contributed by atoms with van der Waals surface area (Å²) in [5.41, 5.74) is 2.27. The average molecular weight is 370 g/mol. The van der Waals surface area contributed by atoms with Crippen LogP contribution in [0.15, 0.2) is 30.3 Å². The summed E-state index contributed by atoms with van der Waals surface area (Å²) in [7, 11) is 6.44. The maximum Gasteiger partial charge on any atom is 0.167 e. The van der Waals surface area contributed by atoms with Crippen LogP contribution in [-0.2, 0) is 5.41 Å². The van der Waals surface area contributed by atoms with Crippen LogP contribution < -0.4 is 18.9 Å². The fourth-order valence-electron chi connectivity index (χ4n) is 3.96. The van der Waals surface area contributed by atoms with E-state index in [0.29, 0.717) is 35.0 Å². The number of fused-ring (bicyclic) bond motifs is 1. The van der Waals surface area contributed by atoms with Crippen LogP contribution in [0.4, 0.5) is 0 Å². The molecule has 0 amide bonds. The third-order valence-corrected chi connectivity index (χ3v) is 5.54. The van der Waals surface area contributed by atoms with Gasteiger partial charge in [-0.15, -0.1) is 0 Å². The molecule has 0 bridgehead atoms. The van der Waals surface area contributed by atoms with Crippen molar-refractivity contribution in [2.45, 2.75) is 31.6 Å². The van der Waals surface area contributed by atoms with E-state index in [-0.39, 0.29) is 17.1 Å². The van der Waals surface area contributed by atoms with Gasteiger partial charge in [0.1, 0.15) is 23.0 Å². The van der Waals surface area contributed by atoms with Crippen molar-refractivity contribution in [3.05, 3.63) is 47.0 Å². The van der Waals surface area contributed by atoms with E-state index < -0.39 is 0 Å². The highest BCUT2D eigenvalue weighted by molar-refractivity contribution is 6.02. The Labute approximate surface area is 160 Å². The van der Waals surface area contributed by atoms with E-state index in [0.717, 1.165) is 11.1 Å². The number of ketones is 1. The van der Waals surface area contributed by atoms with Gasteiger partial charge in [0.2, 0.25) is 0 Å². The Balaban J connectivity index is 2.19. The second kappa shape index (κ2) is 7.14. The minimum Gasteiger partial charge on any atom is -0.497 e. The van der Waals surface area contributed by atoms with Crippen LogP contribution >= 0.6 is 0 Å². The highest BCUT2D eigenvalue weighted by Crippen LogP contribution is 2.50. The lowest BCUT2D eigenvalue weighted by atomic mass is 9.62. The van der Waals surface area contributed by atoms with Crippen molar-refractivity contribution in [1.82, 2.24) is 0 Å². The molecule has 3 rings (SSSR count). The monoisotopic (exact) mass is 370 g/mol. The molecule has 2 aromatic carbocycles. The van der Waals surface area contributed by atoms with Crippen LogP contribution in [0.25, 0.3) is 0 Å². The number of hydrogen-bond acceptors (Lipinski definition) is 5. The highest BCUT2D eigenvalue weighted by atomic mass is 16.5. The fraction of sp³-hybridized carbons (Fsp3) is 0.409. The van der Waals surface area contributed by atoms with Gasteiger partial charge in [-0.2, -0.15) is 0 Å². The van der Waals surface area contributed by atoms with Crippen molar-refractivity contribution in [2.24, 2.45) is 0 Å². The molecule has 0 spiro atoms. The molecular formula is C22H26O5. The summed E-state index contributed by atoms with van der Waals surface area (Å²) >= 11 is 0. The van der Waals surface area contributed by atoms with E-state index in [9.17, 15) is 4.79 Å². The van der Waals surface area contributed by atoms with Gasteiger partial charge in [-0.05, 0) is 34.7 Å². The van der Waals surface area contributed by atoms with E-state index in [1.807, 2.05) is 24.3 Å². The molecule has 1 atom stereocenters. The maximum absolute atomic E-state index is 13.1. The summed E-state index contributed by atoms with van der Waals surface area (Å²) in [6, 6.07) is 9.50. The van der Waals surface area contributed by atoms with Gasteiger partial charge in [0, 0.05) is 24.5 Å². The number of methoxy groups -OCH3 is 4. The largest absolute Gasteiger partial charge is 0.497 e. The van der Waals surface area contributed by atoms with E-state index in [4.69, 9.17) is 18.9 Å². The molecule has 0 aromatic heterocycles. The Morgan fingerprint density at radius 1 is 0.815 bits per heavy atom. The number of benzene rings is 2. The fourth-order valence-corrected chi connectivity index (χ4v) is 3.96. The molecule has 0 fully saturated rings. The van der Waals surface area contributed by atoms with Gasteiger partial charge in [-0.3, -0.25) is 4.79 Å². The Hall–Kier alpha value is -2.69. The zero-order valence-corrected chi connectivity index (χ0v) is 16.7. The first-order valence-corrected chi connectivity index (χ1v) is 8.88. The lowest BCUT2D eigenvalue weighted by Gasteiger charge is -2.40. The van der Waals surface area contributed by atoms with E-state index in [1.165, 1.54) is 0 Å². The predicted octanol–water partition coefficient (Wildman–Crippen LogP) is 4.37. The minimum absolute atomic E-state index is 0.0293. The van der Waals surface area contributed by atoms with Crippen LogP contribution in [0.2, 0.25) is 0 Å². The highest BCUT2D eigenvalue weighted by Gasteiger charge is 2.43. The SMILES string of the molecule is COc1cc(OC)cc(C2CC(=O)c3c(OC)cc(OC)cc3C2(C)C)c1. The summed E-state index contributed by atoms with van der Waals surface area (Å²) in [4.78, 5) is 13.1. The first-order chi connectivity index (χ1) is 12.8. The number of Topliss-reactive ketones (excluding diaryl/α,β-unsaturated/α-hetero) is 1. The van der Waals surface area contributed by atoms with Gasteiger partial charge in [0.05, 0.1) is 34.0 Å². The Morgan fingerprint density at radius 3 is 1.89 bits per heavy atom. The first-order valence-electron chi connectivity index (χ1n) is 8.88. The number of carbonyl (C=O) groups excluding carboxylic acids is 1. The molecule has 0 radical (unpaired) electrons. The summed E-state index contributed by atoms with van der Waals surface area (Å²) in [5, 5.41) is 0. The quantitative estimate of drug-likeness (QED) is 0.782. The third-order valence-electron chi connectivity index (χ3n) is 5.54. The number of hydrogen-bond donors (Lipinski definition) is 0. The summed E-state index contributed by atoms with van der Waals surface area (Å²) in [5.74, 6) is 2.69. The van der Waals surface area contributed by atoms with Crippen LogP contribution in [0.1, 0.15) is 47.7 Å². The summed E-state index contributed by atoms with van der Waals surface area (Å²) < 4.78 is 21.8. The van der Waals surface area contributed by atoms with Crippen molar-refractivity contribution < 1.29 is 23.7 Å². The van der Waals surface area contributed by atoms with Gasteiger partial charge in [0.15, 0.2) is 5.78 Å². The van der Waals surface area contributed by atoms with Gasteiger partial charge >= 0.3 is 0 Å². The molecular weight excluding hydrogens is 344 g/mol. The summed E-state index contributed by atoms with van der Waals surface area (Å²) in [6.45, 7) is 4.29. The molecule has 144 valence electrons. The van der Waals surface area contributed by atoms with Crippen LogP contribution in [0, 0.1) is 0 Å². The van der Waals surface area contributed by atoms with Gasteiger partial charge in [-0.1, -0.05) is 13.8 Å². The number of carbonyl (C=O) groups is 1.